The van der Waals surface area contributed by atoms with Crippen molar-refractivity contribution in [3.05, 3.63) is 89.5 Å². The maximum atomic E-state index is 11.1. The van der Waals surface area contributed by atoms with Gasteiger partial charge in [-0.1, -0.05) is 21.7 Å². The summed E-state index contributed by atoms with van der Waals surface area (Å²) in [6.07, 6.45) is 2.95. The first-order valence-corrected chi connectivity index (χ1v) is 17.1. The van der Waals surface area contributed by atoms with Gasteiger partial charge in [0.05, 0.1) is 32.7 Å². The molecule has 0 spiro atoms. The van der Waals surface area contributed by atoms with Gasteiger partial charge in [0.15, 0.2) is 11.5 Å². The van der Waals surface area contributed by atoms with E-state index in [0.29, 0.717) is 17.1 Å². The third-order valence-electron chi connectivity index (χ3n) is 4.67. The minimum atomic E-state index is -4.13. The van der Waals surface area contributed by atoms with Gasteiger partial charge in [-0.25, -0.2) is 0 Å². The summed E-state index contributed by atoms with van der Waals surface area (Å²) in [5.41, 5.74) is 2.15. The third-order valence-corrected chi connectivity index (χ3v) is 9.20. The molecule has 0 aliphatic carbocycles. The molecule has 0 amide bonds. The molecule has 2 atom stereocenters. The molecule has 0 saturated heterocycles. The van der Waals surface area contributed by atoms with Gasteiger partial charge in [0.1, 0.15) is 5.75 Å². The summed E-state index contributed by atoms with van der Waals surface area (Å²) in [6.45, 7) is 0. The van der Waals surface area contributed by atoms with Gasteiger partial charge in [-0.15, -0.1) is 10.2 Å². The van der Waals surface area contributed by atoms with E-state index < -0.39 is 21.7 Å². The minimum Gasteiger partial charge on any atom is -0.508 e. The molecule has 0 aliphatic rings. The van der Waals surface area contributed by atoms with Crippen molar-refractivity contribution in [1.29, 1.82) is 0 Å². The summed E-state index contributed by atoms with van der Waals surface area (Å²) < 4.78 is 25.8. The van der Waals surface area contributed by atoms with Crippen molar-refractivity contribution in [3.63, 3.8) is 0 Å². The van der Waals surface area contributed by atoms with Crippen LogP contribution in [0.25, 0.3) is 0 Å². The van der Waals surface area contributed by atoms with E-state index in [1.54, 1.807) is 92.0 Å². The maximum Gasteiger partial charge on any atom is 0.540 e. The van der Waals surface area contributed by atoms with Gasteiger partial charge in [-0.2, -0.15) is 0 Å². The lowest BCUT2D eigenvalue weighted by Crippen LogP contribution is -2.04. The van der Waals surface area contributed by atoms with Crippen molar-refractivity contribution in [1.82, 2.24) is 9.56 Å². The number of hydrazone groups is 2. The number of benzene rings is 3. The van der Waals surface area contributed by atoms with E-state index in [9.17, 15) is 9.67 Å². The van der Waals surface area contributed by atoms with Crippen molar-refractivity contribution in [3.8, 4) is 17.2 Å². The number of aromatic hydroxyl groups is 1. The zero-order valence-electron chi connectivity index (χ0n) is 20.3. The topological polar surface area (TPSA) is 127 Å². The highest BCUT2D eigenvalue weighted by Gasteiger charge is 2.22. The first-order chi connectivity index (χ1) is 18.0. The Morgan fingerprint density at radius 1 is 0.789 bits per heavy atom. The molecule has 0 saturated carbocycles. The molecule has 3 aromatic rings. The van der Waals surface area contributed by atoms with E-state index in [4.69, 9.17) is 42.4 Å². The van der Waals surface area contributed by atoms with Crippen LogP contribution in [0.2, 0.25) is 0 Å². The fourth-order valence-electron chi connectivity index (χ4n) is 2.75. The predicted octanol–water partition coefficient (Wildman–Crippen LogP) is 5.31. The predicted molar refractivity (Wildman–Crippen MR) is 157 cm³/mol. The molecule has 2 unspecified atom stereocenters. The largest absolute Gasteiger partial charge is 0.540 e. The second-order valence-corrected chi connectivity index (χ2v) is 13.7. The summed E-state index contributed by atoms with van der Waals surface area (Å²) in [7, 11) is -3.62. The first kappa shape index (κ1) is 29.7. The molecule has 3 rings (SSSR count). The van der Waals surface area contributed by atoms with E-state index in [1.165, 1.54) is 4.78 Å². The van der Waals surface area contributed by atoms with Crippen molar-refractivity contribution < 1.29 is 28.5 Å². The fourth-order valence-corrected chi connectivity index (χ4v) is 5.32. The lowest BCUT2D eigenvalue weighted by atomic mass is 10.2. The second kappa shape index (κ2) is 13.8. The standard InChI is InChI=1S/C23H23N4O6P3S2/c1-26(24-15-18-3-9-21(28)10-4-18)34(37)32-22-11-5-19(6-12-22)16-25-27(2)35(38)33-23-13-7-20(8-14-23)17-36(29,30)31/h3-16H,17H2,1-2H3,(H-2,24,28,29,30,31)/p+2. The molecule has 0 fully saturated rings. The molecule has 3 aromatic carbocycles. The van der Waals surface area contributed by atoms with Crippen molar-refractivity contribution in [2.45, 2.75) is 6.16 Å². The lowest BCUT2D eigenvalue weighted by molar-refractivity contribution is 0.371. The minimum absolute atomic E-state index is 0.188. The zero-order valence-corrected chi connectivity index (χ0v) is 24.6. The maximum absolute atomic E-state index is 11.1. The number of nitrogens with zero attached hydrogens (tertiary/aromatic N) is 4. The lowest BCUT2D eigenvalue weighted by Gasteiger charge is -2.05. The Morgan fingerprint density at radius 2 is 1.18 bits per heavy atom. The number of hydrogen-bond donors (Lipinski definition) is 3. The van der Waals surface area contributed by atoms with E-state index in [-0.39, 0.29) is 11.9 Å². The number of hydrogen-bond acceptors (Lipinski definition) is 8. The molecule has 198 valence electrons. The molecule has 0 radical (unpaired) electrons. The third kappa shape index (κ3) is 10.2. The summed E-state index contributed by atoms with van der Waals surface area (Å²) in [4.78, 5) is 18.1. The Bertz CT molecular complexity index is 1370. The van der Waals surface area contributed by atoms with Crippen LogP contribution in [0.15, 0.2) is 83.0 Å². The van der Waals surface area contributed by atoms with E-state index in [1.807, 2.05) is 12.1 Å². The summed E-state index contributed by atoms with van der Waals surface area (Å²) >= 11 is 10.8. The molecule has 0 aliphatic heterocycles. The fraction of sp³-hybridized carbons (Fsp3) is 0.130. The van der Waals surface area contributed by atoms with Gasteiger partial charge in [0.2, 0.25) is 23.6 Å². The van der Waals surface area contributed by atoms with Crippen molar-refractivity contribution in [2.24, 2.45) is 10.2 Å². The molecular weight excluding hydrogens is 585 g/mol. The smallest absolute Gasteiger partial charge is 0.508 e. The molecule has 0 bridgehead atoms. The van der Waals surface area contributed by atoms with Gasteiger partial charge in [0.25, 0.3) is 0 Å². The molecule has 3 N–H and O–H groups in total. The number of phenolic OH excluding ortho intramolecular Hbond substituents is 1. The SMILES string of the molecule is CN(N=Cc1ccc(O)cc1)[P+](=S)Oc1ccc(C=NN(C)[P+](=S)Oc2ccc(CP(=O)(O)O)cc2)cc1. The molecule has 38 heavy (non-hydrogen) atoms. The van der Waals surface area contributed by atoms with E-state index in [0.717, 1.165) is 11.1 Å². The summed E-state index contributed by atoms with van der Waals surface area (Å²) in [6, 6.07) is 20.3. The van der Waals surface area contributed by atoms with Crippen LogP contribution in [0.4, 0.5) is 0 Å². The van der Waals surface area contributed by atoms with Crippen molar-refractivity contribution in [2.75, 3.05) is 14.1 Å². The quantitative estimate of drug-likeness (QED) is 0.141. The van der Waals surface area contributed by atoms with Crippen LogP contribution >= 0.6 is 21.7 Å². The first-order valence-electron chi connectivity index (χ1n) is 10.9. The average molecular weight is 611 g/mol. The normalized spacial score (nSPS) is 12.4. The molecular formula is C23H25N4O6P3S2+2. The molecule has 10 nitrogen and oxygen atoms in total. The molecule has 0 heterocycles. The zero-order chi connectivity index (χ0) is 27.7. The summed E-state index contributed by atoms with van der Waals surface area (Å²) in [5.74, 6) is 1.27. The highest BCUT2D eigenvalue weighted by molar-refractivity contribution is 8.02. The Hall–Kier alpha value is -2.81. The van der Waals surface area contributed by atoms with Crippen LogP contribution in [0.5, 0.6) is 17.2 Å². The van der Waals surface area contributed by atoms with Crippen LogP contribution in [-0.2, 0) is 34.3 Å². The second-order valence-electron chi connectivity index (χ2n) is 7.75. The Balaban J connectivity index is 1.49. The monoisotopic (exact) mass is 610 g/mol. The van der Waals surface area contributed by atoms with Gasteiger partial charge >= 0.3 is 21.7 Å². The Kier molecular flexibility index (Phi) is 10.8. The average Bonchev–Trinajstić information content (AvgIpc) is 2.87. The van der Waals surface area contributed by atoms with Crippen LogP contribution in [0, 0.1) is 0 Å². The van der Waals surface area contributed by atoms with Gasteiger partial charge < -0.3 is 14.9 Å². The summed E-state index contributed by atoms with van der Waals surface area (Å²) in [5, 5.41) is 18.0. The Labute approximate surface area is 232 Å². The van der Waals surface area contributed by atoms with E-state index >= 15 is 0 Å². The van der Waals surface area contributed by atoms with Gasteiger partial charge in [-0.3, -0.25) is 13.6 Å². The molecule has 0 aromatic heterocycles. The van der Waals surface area contributed by atoms with Crippen LogP contribution in [-0.4, -0.2) is 51.0 Å². The van der Waals surface area contributed by atoms with Crippen LogP contribution in [0.3, 0.4) is 0 Å². The van der Waals surface area contributed by atoms with Crippen molar-refractivity contribution >= 4 is 57.8 Å². The van der Waals surface area contributed by atoms with Crippen LogP contribution in [0.1, 0.15) is 16.7 Å². The number of rotatable bonds is 12. The molecule has 15 heteroatoms. The van der Waals surface area contributed by atoms with E-state index in [2.05, 4.69) is 10.2 Å². The van der Waals surface area contributed by atoms with Gasteiger partial charge in [0, 0.05) is 0 Å². The van der Waals surface area contributed by atoms with Crippen LogP contribution < -0.4 is 9.05 Å². The van der Waals surface area contributed by atoms with Gasteiger partial charge in [-0.05, 0) is 77.4 Å². The highest BCUT2D eigenvalue weighted by atomic mass is 32.4. The number of phenols is 1. The Morgan fingerprint density at radius 3 is 1.61 bits per heavy atom. The highest BCUT2D eigenvalue weighted by Crippen LogP contribution is 2.39.